The highest BCUT2D eigenvalue weighted by atomic mass is 35.5. The number of benzene rings is 1. The van der Waals surface area contributed by atoms with E-state index in [1.165, 1.54) is 12.8 Å². The Bertz CT molecular complexity index is 526. The molecule has 1 N–H and O–H groups in total. The first kappa shape index (κ1) is 15.4. The molecule has 2 amide bonds. The summed E-state index contributed by atoms with van der Waals surface area (Å²) >= 11 is 6.27. The van der Waals surface area contributed by atoms with Crippen LogP contribution in [0.25, 0.3) is 0 Å². The zero-order valence-corrected chi connectivity index (χ0v) is 13.3. The summed E-state index contributed by atoms with van der Waals surface area (Å²) in [6.07, 6.45) is 4.88. The van der Waals surface area contributed by atoms with Gasteiger partial charge in [0.05, 0.1) is 24.3 Å². The molecule has 1 saturated heterocycles. The molecule has 0 unspecified atom stereocenters. The van der Waals surface area contributed by atoms with Crippen molar-refractivity contribution in [2.45, 2.75) is 31.8 Å². The Morgan fingerprint density at radius 2 is 2.00 bits per heavy atom. The number of carbonyl (C=O) groups is 1. The molecule has 0 radical (unpaired) electrons. The summed E-state index contributed by atoms with van der Waals surface area (Å²) in [5.41, 5.74) is 0.681. The van der Waals surface area contributed by atoms with E-state index in [4.69, 9.17) is 21.1 Å². The number of carbonyl (C=O) groups excluding carboxylic acids is 1. The summed E-state index contributed by atoms with van der Waals surface area (Å²) in [5, 5.41) is 3.40. The number of hydrogen-bond acceptors (Lipinski definition) is 3. The van der Waals surface area contributed by atoms with Crippen LogP contribution in [0.3, 0.4) is 0 Å². The van der Waals surface area contributed by atoms with Crippen molar-refractivity contribution in [2.75, 3.05) is 31.6 Å². The van der Waals surface area contributed by atoms with Crippen molar-refractivity contribution in [3.8, 4) is 5.75 Å². The molecule has 5 nitrogen and oxygen atoms in total. The third-order valence-corrected chi connectivity index (χ3v) is 4.37. The number of urea groups is 1. The van der Waals surface area contributed by atoms with Crippen LogP contribution in [0.2, 0.25) is 5.02 Å². The van der Waals surface area contributed by atoms with E-state index >= 15 is 0 Å². The largest absolute Gasteiger partial charge is 0.489 e. The first-order chi connectivity index (χ1) is 10.7. The highest BCUT2D eigenvalue weighted by Crippen LogP contribution is 2.31. The number of amides is 2. The van der Waals surface area contributed by atoms with Crippen LogP contribution in [0, 0.1) is 0 Å². The van der Waals surface area contributed by atoms with Gasteiger partial charge in [0.2, 0.25) is 0 Å². The summed E-state index contributed by atoms with van der Waals surface area (Å²) in [4.78, 5) is 13.9. The minimum absolute atomic E-state index is 0.121. The number of anilines is 1. The third kappa shape index (κ3) is 3.84. The van der Waals surface area contributed by atoms with E-state index in [0.717, 1.165) is 12.8 Å². The van der Waals surface area contributed by atoms with Gasteiger partial charge in [-0.1, -0.05) is 11.6 Å². The Morgan fingerprint density at radius 3 is 2.68 bits per heavy atom. The Labute approximate surface area is 135 Å². The van der Waals surface area contributed by atoms with Crippen molar-refractivity contribution < 1.29 is 14.3 Å². The van der Waals surface area contributed by atoms with Crippen LogP contribution in [-0.4, -0.2) is 43.3 Å². The van der Waals surface area contributed by atoms with Crippen LogP contribution >= 0.6 is 11.6 Å². The van der Waals surface area contributed by atoms with E-state index in [2.05, 4.69) is 5.32 Å². The molecule has 2 fully saturated rings. The normalized spacial score (nSPS) is 19.2. The number of hydrogen-bond donors (Lipinski definition) is 1. The molecule has 120 valence electrons. The first-order valence-electron chi connectivity index (χ1n) is 7.82. The summed E-state index contributed by atoms with van der Waals surface area (Å²) in [6, 6.07) is 5.28. The zero-order valence-electron chi connectivity index (χ0n) is 12.5. The molecule has 1 heterocycles. The predicted octanol–water partition coefficient (Wildman–Crippen LogP) is 3.53. The third-order valence-electron chi connectivity index (χ3n) is 4.08. The fourth-order valence-corrected chi connectivity index (χ4v) is 3.05. The van der Waals surface area contributed by atoms with Crippen molar-refractivity contribution in [3.63, 3.8) is 0 Å². The predicted molar refractivity (Wildman–Crippen MR) is 85.7 cm³/mol. The van der Waals surface area contributed by atoms with Crippen LogP contribution in [-0.2, 0) is 4.74 Å². The molecule has 1 aliphatic heterocycles. The Balaban J connectivity index is 1.59. The Kier molecular flexibility index (Phi) is 5.05. The number of morpholine rings is 1. The fraction of sp³-hybridized carbons (Fsp3) is 0.562. The first-order valence-corrected chi connectivity index (χ1v) is 8.20. The second kappa shape index (κ2) is 7.20. The van der Waals surface area contributed by atoms with Crippen LogP contribution < -0.4 is 10.1 Å². The van der Waals surface area contributed by atoms with Gasteiger partial charge in [0.25, 0.3) is 0 Å². The minimum Gasteiger partial charge on any atom is -0.489 e. The monoisotopic (exact) mass is 324 g/mol. The van der Waals surface area contributed by atoms with Crippen molar-refractivity contribution in [2.24, 2.45) is 0 Å². The molecule has 2 aliphatic rings. The Hall–Kier alpha value is -1.46. The molecule has 1 aliphatic carbocycles. The van der Waals surface area contributed by atoms with E-state index in [0.29, 0.717) is 42.8 Å². The van der Waals surface area contributed by atoms with Crippen LogP contribution in [0.5, 0.6) is 5.75 Å². The van der Waals surface area contributed by atoms with Crippen LogP contribution in [0.1, 0.15) is 25.7 Å². The van der Waals surface area contributed by atoms with Gasteiger partial charge in [-0.15, -0.1) is 0 Å². The molecule has 1 aromatic carbocycles. The van der Waals surface area contributed by atoms with Crippen LogP contribution in [0.15, 0.2) is 18.2 Å². The van der Waals surface area contributed by atoms with E-state index in [1.54, 1.807) is 11.0 Å². The smallest absolute Gasteiger partial charge is 0.322 e. The van der Waals surface area contributed by atoms with Gasteiger partial charge in [0, 0.05) is 18.8 Å². The highest BCUT2D eigenvalue weighted by molar-refractivity contribution is 6.32. The molecule has 22 heavy (non-hydrogen) atoms. The van der Waals surface area contributed by atoms with Crippen molar-refractivity contribution in [3.05, 3.63) is 23.2 Å². The average molecular weight is 325 g/mol. The van der Waals surface area contributed by atoms with Crippen molar-refractivity contribution >= 4 is 23.3 Å². The maximum absolute atomic E-state index is 12.1. The number of ether oxygens (including phenoxy) is 2. The van der Waals surface area contributed by atoms with Gasteiger partial charge in [-0.25, -0.2) is 4.79 Å². The molecule has 3 rings (SSSR count). The quantitative estimate of drug-likeness (QED) is 0.925. The lowest BCUT2D eigenvalue weighted by molar-refractivity contribution is 0.0564. The van der Waals surface area contributed by atoms with Gasteiger partial charge < -0.3 is 19.7 Å². The minimum atomic E-state index is -0.121. The average Bonchev–Trinajstić information content (AvgIpc) is 3.04. The second-order valence-corrected chi connectivity index (χ2v) is 6.11. The van der Waals surface area contributed by atoms with Crippen molar-refractivity contribution in [1.29, 1.82) is 0 Å². The standard InChI is InChI=1S/C16H21ClN2O3/c17-14-11-12(18-16(20)19-7-9-21-10-8-19)5-6-15(14)22-13-3-1-2-4-13/h5-6,11,13H,1-4,7-10H2,(H,18,20). The van der Waals surface area contributed by atoms with E-state index < -0.39 is 0 Å². The maximum Gasteiger partial charge on any atom is 0.322 e. The lowest BCUT2D eigenvalue weighted by Gasteiger charge is -2.27. The number of nitrogens with zero attached hydrogens (tertiary/aromatic N) is 1. The van der Waals surface area contributed by atoms with E-state index in [9.17, 15) is 4.79 Å². The van der Waals surface area contributed by atoms with Gasteiger partial charge >= 0.3 is 6.03 Å². The summed E-state index contributed by atoms with van der Waals surface area (Å²) in [5.74, 6) is 0.693. The molecule has 1 saturated carbocycles. The van der Waals surface area contributed by atoms with Crippen molar-refractivity contribution in [1.82, 2.24) is 4.90 Å². The number of rotatable bonds is 3. The fourth-order valence-electron chi connectivity index (χ4n) is 2.83. The zero-order chi connectivity index (χ0) is 15.4. The molecule has 0 aromatic heterocycles. The number of halogens is 1. The van der Waals surface area contributed by atoms with E-state index in [-0.39, 0.29) is 12.1 Å². The van der Waals surface area contributed by atoms with Gasteiger partial charge in [0.15, 0.2) is 0 Å². The lowest BCUT2D eigenvalue weighted by Crippen LogP contribution is -2.43. The molecular weight excluding hydrogens is 304 g/mol. The topological polar surface area (TPSA) is 50.8 Å². The van der Waals surface area contributed by atoms with Gasteiger partial charge in [-0.3, -0.25) is 0 Å². The van der Waals surface area contributed by atoms with Crippen LogP contribution in [0.4, 0.5) is 10.5 Å². The molecule has 6 heteroatoms. The van der Waals surface area contributed by atoms with Gasteiger partial charge in [0.1, 0.15) is 5.75 Å². The number of nitrogens with one attached hydrogen (secondary N) is 1. The summed E-state index contributed by atoms with van der Waals surface area (Å²) in [6.45, 7) is 2.40. The van der Waals surface area contributed by atoms with E-state index in [1.807, 2.05) is 12.1 Å². The second-order valence-electron chi connectivity index (χ2n) is 5.70. The molecule has 0 bridgehead atoms. The Morgan fingerprint density at radius 1 is 1.27 bits per heavy atom. The highest BCUT2D eigenvalue weighted by Gasteiger charge is 2.19. The molecule has 0 atom stereocenters. The molecule has 1 aromatic rings. The molecular formula is C16H21ClN2O3. The maximum atomic E-state index is 12.1. The SMILES string of the molecule is O=C(Nc1ccc(OC2CCCC2)c(Cl)c1)N1CCOCC1. The summed E-state index contributed by atoms with van der Waals surface area (Å²) < 4.78 is 11.1. The molecule has 0 spiro atoms. The lowest BCUT2D eigenvalue weighted by atomic mass is 10.2. The summed E-state index contributed by atoms with van der Waals surface area (Å²) in [7, 11) is 0. The van der Waals surface area contributed by atoms with Gasteiger partial charge in [-0.2, -0.15) is 0 Å². The van der Waals surface area contributed by atoms with Gasteiger partial charge in [-0.05, 0) is 43.9 Å².